The lowest BCUT2D eigenvalue weighted by atomic mass is 10.7. The summed E-state index contributed by atoms with van der Waals surface area (Å²) in [7, 11) is 0. The average molecular weight is 346 g/mol. The van der Waals surface area contributed by atoms with Gasteiger partial charge in [0.1, 0.15) is 0 Å². The highest BCUT2D eigenvalue weighted by Crippen LogP contribution is 2.28. The fourth-order valence-corrected chi connectivity index (χ4v) is 3.51. The number of hydrogen-bond acceptors (Lipinski definition) is 9. The maximum atomic E-state index is 11.3. The van der Waals surface area contributed by atoms with Gasteiger partial charge in [0.05, 0.1) is 11.5 Å². The van der Waals surface area contributed by atoms with Crippen molar-refractivity contribution in [2.24, 2.45) is 10.2 Å². The minimum absolute atomic E-state index is 0.209. The molecule has 0 aromatic carbocycles. The Hall–Kier alpha value is -1.46. The van der Waals surface area contributed by atoms with Gasteiger partial charge in [-0.1, -0.05) is 34.9 Å². The second-order valence-electron chi connectivity index (χ2n) is 3.26. The van der Waals surface area contributed by atoms with Gasteiger partial charge in [0.25, 0.3) is 0 Å². The van der Waals surface area contributed by atoms with Gasteiger partial charge in [-0.3, -0.25) is 9.59 Å². The van der Waals surface area contributed by atoms with Crippen molar-refractivity contribution in [1.82, 2.24) is 21.0 Å². The summed E-state index contributed by atoms with van der Waals surface area (Å²) in [5.74, 6) is 0.00336. The Labute approximate surface area is 134 Å². The van der Waals surface area contributed by atoms with Crippen LogP contribution in [0.15, 0.2) is 18.9 Å². The number of amides is 2. The summed E-state index contributed by atoms with van der Waals surface area (Å²) in [6, 6.07) is 0. The fraction of sp³-hybridized carbons (Fsp3) is 0.400. The van der Waals surface area contributed by atoms with Gasteiger partial charge in [-0.15, -0.1) is 10.2 Å². The molecule has 0 radical (unpaired) electrons. The molecule has 0 saturated carbocycles. The summed E-state index contributed by atoms with van der Waals surface area (Å²) in [5.41, 5.74) is 4.73. The van der Waals surface area contributed by atoms with Gasteiger partial charge in [-0.2, -0.15) is 10.2 Å². The first-order chi connectivity index (χ1) is 10.2. The van der Waals surface area contributed by atoms with E-state index in [1.807, 2.05) is 0 Å². The molecule has 8 nitrogen and oxygen atoms in total. The van der Waals surface area contributed by atoms with E-state index in [0.717, 1.165) is 0 Å². The second-order valence-corrected chi connectivity index (χ2v) is 6.68. The quantitative estimate of drug-likeness (QED) is 0.412. The van der Waals surface area contributed by atoms with Gasteiger partial charge in [0.2, 0.25) is 11.8 Å². The molecule has 0 unspecified atom stereocenters. The number of thioether (sulfide) groups is 2. The molecular formula is C10H14N6O2S3. The van der Waals surface area contributed by atoms with Crippen LogP contribution in [0.3, 0.4) is 0 Å². The van der Waals surface area contributed by atoms with Gasteiger partial charge in [-0.25, -0.2) is 10.9 Å². The number of carbonyl (C=O) groups excluding carboxylic acids is 2. The Morgan fingerprint density at radius 3 is 1.86 bits per heavy atom. The lowest BCUT2D eigenvalue weighted by Gasteiger charge is -1.96. The van der Waals surface area contributed by atoms with E-state index < -0.39 is 0 Å². The SMILES string of the molecule is CC=NNC(=O)CSc1nnc(SCC(=O)NN=CC)s1. The number of carbonyl (C=O) groups is 2. The van der Waals surface area contributed by atoms with Crippen LogP contribution >= 0.6 is 34.9 Å². The van der Waals surface area contributed by atoms with Crippen molar-refractivity contribution in [3.05, 3.63) is 0 Å². The summed E-state index contributed by atoms with van der Waals surface area (Å²) in [4.78, 5) is 22.7. The summed E-state index contributed by atoms with van der Waals surface area (Å²) < 4.78 is 1.33. The molecule has 2 N–H and O–H groups in total. The van der Waals surface area contributed by atoms with Crippen LogP contribution in [-0.4, -0.2) is 45.9 Å². The molecule has 1 aromatic rings. The first-order valence-electron chi connectivity index (χ1n) is 5.77. The topological polar surface area (TPSA) is 109 Å². The summed E-state index contributed by atoms with van der Waals surface area (Å²) >= 11 is 3.87. The van der Waals surface area contributed by atoms with Crippen molar-refractivity contribution >= 4 is 59.1 Å². The first kappa shape index (κ1) is 17.6. The molecule has 11 heteroatoms. The smallest absolute Gasteiger partial charge is 0.250 e. The van der Waals surface area contributed by atoms with Gasteiger partial charge >= 0.3 is 0 Å². The molecule has 0 bridgehead atoms. The number of hydrogen-bond donors (Lipinski definition) is 2. The van der Waals surface area contributed by atoms with Crippen LogP contribution < -0.4 is 10.9 Å². The highest BCUT2D eigenvalue weighted by Gasteiger charge is 2.09. The van der Waals surface area contributed by atoms with Crippen LogP contribution in [0.1, 0.15) is 13.8 Å². The lowest BCUT2D eigenvalue weighted by Crippen LogP contribution is -2.19. The molecule has 1 aromatic heterocycles. The lowest BCUT2D eigenvalue weighted by molar-refractivity contribution is -0.119. The van der Waals surface area contributed by atoms with Crippen molar-refractivity contribution in [3.63, 3.8) is 0 Å². The molecule has 0 aliphatic heterocycles. The molecule has 0 spiro atoms. The van der Waals surface area contributed by atoms with E-state index in [1.165, 1.54) is 47.3 Å². The van der Waals surface area contributed by atoms with Crippen LogP contribution in [0.4, 0.5) is 0 Å². The van der Waals surface area contributed by atoms with Gasteiger partial charge in [0.15, 0.2) is 8.68 Å². The molecule has 1 rings (SSSR count). The molecule has 2 amide bonds. The monoisotopic (exact) mass is 346 g/mol. The van der Waals surface area contributed by atoms with E-state index >= 15 is 0 Å². The molecule has 0 atom stereocenters. The average Bonchev–Trinajstić information content (AvgIpc) is 2.94. The van der Waals surface area contributed by atoms with Gasteiger partial charge in [-0.05, 0) is 13.8 Å². The molecule has 1 heterocycles. The largest absolute Gasteiger partial charge is 0.272 e. The van der Waals surface area contributed by atoms with Gasteiger partial charge in [0, 0.05) is 12.4 Å². The molecule has 21 heavy (non-hydrogen) atoms. The number of aromatic nitrogens is 2. The zero-order valence-corrected chi connectivity index (χ0v) is 13.8. The summed E-state index contributed by atoms with van der Waals surface area (Å²) in [6.45, 7) is 3.42. The van der Waals surface area contributed by atoms with Crippen molar-refractivity contribution in [2.75, 3.05) is 11.5 Å². The third-order valence-corrected chi connectivity index (χ3v) is 4.87. The Morgan fingerprint density at radius 2 is 1.48 bits per heavy atom. The predicted octanol–water partition coefficient (Wildman–Crippen LogP) is 0.966. The van der Waals surface area contributed by atoms with Crippen molar-refractivity contribution < 1.29 is 9.59 Å². The third kappa shape index (κ3) is 7.78. The van der Waals surface area contributed by atoms with E-state index in [9.17, 15) is 9.59 Å². The van der Waals surface area contributed by atoms with Crippen molar-refractivity contribution in [2.45, 2.75) is 22.5 Å². The number of nitrogens with zero attached hydrogens (tertiary/aromatic N) is 4. The molecule has 0 saturated heterocycles. The van der Waals surface area contributed by atoms with Crippen molar-refractivity contribution in [1.29, 1.82) is 0 Å². The Kier molecular flexibility index (Phi) is 8.62. The summed E-state index contributed by atoms with van der Waals surface area (Å²) in [5, 5.41) is 15.1. The Balaban J connectivity index is 2.32. The van der Waals surface area contributed by atoms with E-state index in [2.05, 4.69) is 31.3 Å². The van der Waals surface area contributed by atoms with E-state index in [0.29, 0.717) is 8.68 Å². The Bertz CT molecular complexity index is 486. The van der Waals surface area contributed by atoms with Gasteiger partial charge < -0.3 is 0 Å². The molecule has 0 fully saturated rings. The highest BCUT2D eigenvalue weighted by molar-refractivity contribution is 8.03. The molecule has 0 aliphatic carbocycles. The van der Waals surface area contributed by atoms with Crippen LogP contribution in [-0.2, 0) is 9.59 Å². The van der Waals surface area contributed by atoms with Crippen LogP contribution in [0.2, 0.25) is 0 Å². The zero-order valence-electron chi connectivity index (χ0n) is 11.4. The third-order valence-electron chi connectivity index (χ3n) is 1.68. The maximum Gasteiger partial charge on any atom is 0.250 e. The maximum absolute atomic E-state index is 11.3. The molecular weight excluding hydrogens is 332 g/mol. The number of rotatable bonds is 8. The minimum Gasteiger partial charge on any atom is -0.272 e. The zero-order chi connectivity index (χ0) is 15.5. The normalized spacial score (nSPS) is 11.1. The van der Waals surface area contributed by atoms with Crippen LogP contribution in [0.5, 0.6) is 0 Å². The van der Waals surface area contributed by atoms with E-state index in [-0.39, 0.29) is 23.3 Å². The Morgan fingerprint density at radius 1 is 1.05 bits per heavy atom. The van der Waals surface area contributed by atoms with E-state index in [1.54, 1.807) is 13.8 Å². The second kappa shape index (κ2) is 10.3. The fourth-order valence-electron chi connectivity index (χ4n) is 0.906. The number of hydrazone groups is 2. The predicted molar refractivity (Wildman–Crippen MR) is 86.0 cm³/mol. The number of nitrogens with one attached hydrogen (secondary N) is 2. The summed E-state index contributed by atoms with van der Waals surface area (Å²) in [6.07, 6.45) is 2.99. The van der Waals surface area contributed by atoms with E-state index in [4.69, 9.17) is 0 Å². The van der Waals surface area contributed by atoms with Crippen LogP contribution in [0.25, 0.3) is 0 Å². The van der Waals surface area contributed by atoms with Crippen molar-refractivity contribution in [3.8, 4) is 0 Å². The molecule has 0 aliphatic rings. The standard InChI is InChI=1S/C10H14N6O2S3/c1-3-11-13-7(17)5-19-9-15-16-10(21-9)20-6-8(18)14-12-4-2/h3-4H,5-6H2,1-2H3,(H,13,17)(H,14,18). The highest BCUT2D eigenvalue weighted by atomic mass is 32.2. The first-order valence-corrected chi connectivity index (χ1v) is 8.56. The minimum atomic E-state index is -0.209. The molecule has 114 valence electrons. The van der Waals surface area contributed by atoms with Crippen LogP contribution in [0, 0.1) is 0 Å².